The Hall–Kier alpha value is -1.82. The molecule has 136 valence electrons. The summed E-state index contributed by atoms with van der Waals surface area (Å²) < 4.78 is 12.9. The summed E-state index contributed by atoms with van der Waals surface area (Å²) in [5.41, 5.74) is 15.5. The van der Waals surface area contributed by atoms with Gasteiger partial charge in [-0.2, -0.15) is 0 Å². The first-order valence-corrected chi connectivity index (χ1v) is 11.3. The zero-order valence-electron chi connectivity index (χ0n) is 15.3. The molecule has 0 saturated heterocycles. The second-order valence-electron chi connectivity index (χ2n) is 6.48. The maximum absolute atomic E-state index is 6.43. The molecule has 0 atom stereocenters. The molecule has 0 spiro atoms. The minimum absolute atomic E-state index is 0.550. The Morgan fingerprint density at radius 1 is 0.760 bits per heavy atom. The van der Waals surface area contributed by atoms with Crippen LogP contribution in [0.15, 0.2) is 48.5 Å². The van der Waals surface area contributed by atoms with Crippen LogP contribution in [0.4, 0.5) is 11.4 Å². The van der Waals surface area contributed by atoms with Crippen molar-refractivity contribution in [2.75, 3.05) is 11.5 Å². The molecule has 0 saturated carbocycles. The Balaban J connectivity index is 2.08. The van der Waals surface area contributed by atoms with Crippen molar-refractivity contribution >= 4 is 19.9 Å². The molecule has 0 heterocycles. The molecule has 0 bridgehead atoms. The molecule has 2 aromatic rings. The van der Waals surface area contributed by atoms with Crippen LogP contribution >= 0.6 is 0 Å². The Bertz CT molecular complexity index is 606. The van der Waals surface area contributed by atoms with Crippen LogP contribution in [-0.2, 0) is 22.1 Å². The van der Waals surface area contributed by atoms with E-state index in [2.05, 4.69) is 13.8 Å². The molecule has 2 aromatic carbocycles. The summed E-state index contributed by atoms with van der Waals surface area (Å²) in [5, 5.41) is 0. The summed E-state index contributed by atoms with van der Waals surface area (Å²) in [6, 6.07) is 17.7. The molecule has 5 heteroatoms. The zero-order valence-corrected chi connectivity index (χ0v) is 16.3. The molecular weight excluding hydrogens is 328 g/mol. The number of hydrogen-bond acceptors (Lipinski definition) is 4. The van der Waals surface area contributed by atoms with Crippen LogP contribution < -0.4 is 11.5 Å². The Morgan fingerprint density at radius 2 is 1.20 bits per heavy atom. The lowest BCUT2D eigenvalue weighted by Gasteiger charge is -2.31. The summed E-state index contributed by atoms with van der Waals surface area (Å²) >= 11 is 0. The van der Waals surface area contributed by atoms with Crippen molar-refractivity contribution in [1.82, 2.24) is 0 Å². The normalized spacial score (nSPS) is 11.6. The van der Waals surface area contributed by atoms with Gasteiger partial charge < -0.3 is 20.3 Å². The van der Waals surface area contributed by atoms with E-state index < -0.39 is 8.56 Å². The van der Waals surface area contributed by atoms with Crippen LogP contribution in [-0.4, -0.2) is 8.56 Å². The lowest BCUT2D eigenvalue weighted by molar-refractivity contribution is 0.151. The van der Waals surface area contributed by atoms with Gasteiger partial charge in [-0.3, -0.25) is 0 Å². The van der Waals surface area contributed by atoms with E-state index in [4.69, 9.17) is 20.3 Å². The van der Waals surface area contributed by atoms with Crippen molar-refractivity contribution in [2.45, 2.75) is 52.0 Å². The Morgan fingerprint density at radius 3 is 1.56 bits per heavy atom. The highest BCUT2D eigenvalue weighted by atomic mass is 28.4. The molecular formula is C20H30N2O2Si. The quantitative estimate of drug-likeness (QED) is 0.470. The average molecular weight is 359 g/mol. The van der Waals surface area contributed by atoms with Crippen LogP contribution in [0, 0.1) is 0 Å². The third-order valence-corrected chi connectivity index (χ3v) is 8.03. The lowest BCUT2D eigenvalue weighted by Crippen LogP contribution is -2.41. The zero-order chi connectivity index (χ0) is 18.1. The molecule has 25 heavy (non-hydrogen) atoms. The van der Waals surface area contributed by atoms with Crippen LogP contribution in [0.5, 0.6) is 0 Å². The molecule has 0 unspecified atom stereocenters. The maximum Gasteiger partial charge on any atom is 0.338 e. The summed E-state index contributed by atoms with van der Waals surface area (Å²) in [6.45, 7) is 5.47. The van der Waals surface area contributed by atoms with Gasteiger partial charge in [0.2, 0.25) is 0 Å². The van der Waals surface area contributed by atoms with Gasteiger partial charge in [0.15, 0.2) is 0 Å². The fraction of sp³-hybridized carbons (Fsp3) is 0.400. The predicted molar refractivity (Wildman–Crippen MR) is 107 cm³/mol. The fourth-order valence-corrected chi connectivity index (χ4v) is 6.31. The van der Waals surface area contributed by atoms with E-state index in [0.29, 0.717) is 13.2 Å². The van der Waals surface area contributed by atoms with Crippen LogP contribution in [0.2, 0.25) is 12.1 Å². The highest BCUT2D eigenvalue weighted by Gasteiger charge is 2.36. The number of anilines is 2. The number of hydrogen-bond donors (Lipinski definition) is 2. The van der Waals surface area contributed by atoms with Gasteiger partial charge in [0.1, 0.15) is 0 Å². The number of nitrogen functional groups attached to an aromatic ring is 2. The molecule has 0 amide bonds. The van der Waals surface area contributed by atoms with Gasteiger partial charge in [-0.05, 0) is 47.5 Å². The van der Waals surface area contributed by atoms with E-state index >= 15 is 0 Å². The third kappa shape index (κ3) is 6.19. The van der Waals surface area contributed by atoms with E-state index in [9.17, 15) is 0 Å². The van der Waals surface area contributed by atoms with Crippen LogP contribution in [0.3, 0.4) is 0 Å². The van der Waals surface area contributed by atoms with Crippen molar-refractivity contribution in [3.63, 3.8) is 0 Å². The van der Waals surface area contributed by atoms with E-state index in [1.807, 2.05) is 48.5 Å². The summed E-state index contributed by atoms with van der Waals surface area (Å²) in [6.07, 6.45) is 2.11. The van der Waals surface area contributed by atoms with E-state index in [1.165, 1.54) is 0 Å². The number of nitrogens with two attached hydrogens (primary N) is 2. The van der Waals surface area contributed by atoms with Gasteiger partial charge in [-0.25, -0.2) is 0 Å². The molecule has 2 rings (SSSR count). The lowest BCUT2D eigenvalue weighted by atomic mass is 10.2. The average Bonchev–Trinajstić information content (AvgIpc) is 2.59. The smallest absolute Gasteiger partial charge is 0.338 e. The SMILES string of the molecule is CCC[Si](CCC)(OCc1cccc(N)c1)OCc1cccc(N)c1. The monoisotopic (exact) mass is 358 g/mol. The van der Waals surface area contributed by atoms with Gasteiger partial charge in [0.25, 0.3) is 0 Å². The summed E-state index contributed by atoms with van der Waals surface area (Å²) in [7, 11) is -2.28. The van der Waals surface area contributed by atoms with Crippen molar-refractivity contribution in [1.29, 1.82) is 0 Å². The second kappa shape index (κ2) is 9.61. The van der Waals surface area contributed by atoms with Gasteiger partial charge in [-0.1, -0.05) is 51.0 Å². The minimum atomic E-state index is -2.28. The maximum atomic E-state index is 6.43. The summed E-state index contributed by atoms with van der Waals surface area (Å²) in [4.78, 5) is 0. The topological polar surface area (TPSA) is 70.5 Å². The van der Waals surface area contributed by atoms with E-state index in [1.54, 1.807) is 0 Å². The first-order valence-electron chi connectivity index (χ1n) is 9.03. The largest absolute Gasteiger partial charge is 0.399 e. The molecule has 0 aliphatic carbocycles. The molecule has 0 radical (unpaired) electrons. The van der Waals surface area contributed by atoms with Crippen molar-refractivity contribution in [3.8, 4) is 0 Å². The molecule has 4 nitrogen and oxygen atoms in total. The first-order chi connectivity index (χ1) is 12.1. The summed E-state index contributed by atoms with van der Waals surface area (Å²) in [5.74, 6) is 0. The van der Waals surface area contributed by atoms with Gasteiger partial charge in [0, 0.05) is 11.4 Å². The predicted octanol–water partition coefficient (Wildman–Crippen LogP) is 4.85. The standard InChI is InChI=1S/C20H30N2O2Si/c1-3-11-25(12-4-2,23-15-17-7-5-9-19(21)13-17)24-16-18-8-6-10-20(22)14-18/h5-10,13-14H,3-4,11-12,15-16,21-22H2,1-2H3. The highest BCUT2D eigenvalue weighted by Crippen LogP contribution is 2.26. The highest BCUT2D eigenvalue weighted by molar-refractivity contribution is 6.67. The van der Waals surface area contributed by atoms with Gasteiger partial charge in [-0.15, -0.1) is 0 Å². The van der Waals surface area contributed by atoms with Gasteiger partial charge >= 0.3 is 8.56 Å². The Labute approximate surface area is 152 Å². The number of rotatable bonds is 10. The van der Waals surface area contributed by atoms with Crippen LogP contribution in [0.1, 0.15) is 37.8 Å². The molecule has 0 aliphatic heterocycles. The first kappa shape index (κ1) is 19.5. The van der Waals surface area contributed by atoms with Crippen molar-refractivity contribution < 1.29 is 8.85 Å². The minimum Gasteiger partial charge on any atom is -0.399 e. The fourth-order valence-electron chi connectivity index (χ4n) is 3.01. The second-order valence-corrected chi connectivity index (χ2v) is 9.88. The van der Waals surface area contributed by atoms with Gasteiger partial charge in [0.05, 0.1) is 13.2 Å². The van der Waals surface area contributed by atoms with Crippen molar-refractivity contribution in [2.24, 2.45) is 0 Å². The molecule has 0 aromatic heterocycles. The van der Waals surface area contributed by atoms with Crippen LogP contribution in [0.25, 0.3) is 0 Å². The molecule has 0 aliphatic rings. The van der Waals surface area contributed by atoms with E-state index in [-0.39, 0.29) is 0 Å². The Kier molecular flexibility index (Phi) is 7.49. The van der Waals surface area contributed by atoms with E-state index in [0.717, 1.165) is 47.4 Å². The molecule has 0 fully saturated rings. The number of benzene rings is 2. The van der Waals surface area contributed by atoms with Crippen molar-refractivity contribution in [3.05, 3.63) is 59.7 Å². The third-order valence-electron chi connectivity index (χ3n) is 4.17. The molecule has 4 N–H and O–H groups in total.